The molecule has 13 heteroatoms. The van der Waals surface area contributed by atoms with Gasteiger partial charge in [-0.1, -0.05) is 18.2 Å². The van der Waals surface area contributed by atoms with Crippen molar-refractivity contribution in [2.24, 2.45) is 0 Å². The van der Waals surface area contributed by atoms with Gasteiger partial charge in [0, 0.05) is 46.0 Å². The Bertz CT molecular complexity index is 1740. The third-order valence-corrected chi connectivity index (χ3v) is 8.51. The highest BCUT2D eigenvalue weighted by Crippen LogP contribution is 2.33. The van der Waals surface area contributed by atoms with Crippen LogP contribution in [0.25, 0.3) is 11.1 Å². The van der Waals surface area contributed by atoms with Gasteiger partial charge < -0.3 is 21.3 Å². The molecule has 2 amide bonds. The number of hydrogen-bond donors (Lipinski definition) is 5. The Morgan fingerprint density at radius 2 is 1.74 bits per heavy atom. The summed E-state index contributed by atoms with van der Waals surface area (Å²) in [5, 5.41) is 11.5. The molecule has 4 bridgehead atoms. The summed E-state index contributed by atoms with van der Waals surface area (Å²) in [7, 11) is -2.92. The highest BCUT2D eigenvalue weighted by Gasteiger charge is 2.30. The number of amides is 2. The van der Waals surface area contributed by atoms with Crippen LogP contribution in [0.4, 0.5) is 46.8 Å². The predicted octanol–water partition coefficient (Wildman–Crippen LogP) is 7.47. The topological polar surface area (TPSA) is 132 Å². The van der Waals surface area contributed by atoms with E-state index in [1.807, 2.05) is 6.92 Å². The minimum atomic E-state index is -4.52. The molecule has 0 spiro atoms. The monoisotopic (exact) mass is 595 g/mol. The van der Waals surface area contributed by atoms with Gasteiger partial charge in [-0.3, -0.25) is 0 Å². The van der Waals surface area contributed by atoms with Crippen molar-refractivity contribution in [2.75, 3.05) is 33.6 Å². The van der Waals surface area contributed by atoms with E-state index in [1.165, 1.54) is 12.1 Å². The van der Waals surface area contributed by atoms with Gasteiger partial charge in [0.1, 0.15) is 5.82 Å². The zero-order chi connectivity index (χ0) is 29.9. The number of fused-ring (bicyclic) bond motifs is 4. The second-order valence-electron chi connectivity index (χ2n) is 9.81. The molecule has 0 aliphatic carbocycles. The zero-order valence-corrected chi connectivity index (χ0v) is 23.3. The summed E-state index contributed by atoms with van der Waals surface area (Å²) in [5.74, 6) is 1.17. The van der Waals surface area contributed by atoms with Crippen LogP contribution in [0.1, 0.15) is 24.0 Å². The van der Waals surface area contributed by atoms with E-state index in [1.54, 1.807) is 48.7 Å². The van der Waals surface area contributed by atoms with Crippen molar-refractivity contribution in [3.63, 3.8) is 0 Å². The normalized spacial score (nSPS) is 17.0. The number of carbonyl (C=O) groups is 1. The van der Waals surface area contributed by atoms with Gasteiger partial charge in [-0.15, -0.1) is 0 Å². The number of benzene rings is 3. The van der Waals surface area contributed by atoms with E-state index in [4.69, 9.17) is 4.78 Å². The first-order valence-electron chi connectivity index (χ1n) is 13.1. The molecule has 0 radical (unpaired) electrons. The van der Waals surface area contributed by atoms with Crippen molar-refractivity contribution in [1.29, 1.82) is 4.78 Å². The van der Waals surface area contributed by atoms with Gasteiger partial charge in [0.15, 0.2) is 0 Å². The summed E-state index contributed by atoms with van der Waals surface area (Å²) >= 11 is 0. The molecule has 5 N–H and O–H groups in total. The van der Waals surface area contributed by atoms with Crippen LogP contribution in [0, 0.1) is 11.7 Å². The molecule has 0 saturated carbocycles. The summed E-state index contributed by atoms with van der Waals surface area (Å²) in [6.07, 6.45) is -1.55. The Balaban J connectivity index is 1.36. The number of aryl methyl sites for hydroxylation is 1. The summed E-state index contributed by atoms with van der Waals surface area (Å²) < 4.78 is 60.3. The first kappa shape index (κ1) is 28.9. The predicted molar refractivity (Wildman–Crippen MR) is 158 cm³/mol. The molecule has 5 rings (SSSR count). The Labute approximate surface area is 241 Å². The highest BCUT2D eigenvalue weighted by atomic mass is 32.2. The lowest BCUT2D eigenvalue weighted by Crippen LogP contribution is -2.20. The smallest absolute Gasteiger partial charge is 0.369 e. The standard InChI is InChI=1S/C29H28F3N7O2S/c1-18-14-22(38-28(40)37-20-7-4-6-19(15-20)29(30,31)32)10-11-24(18)25-17-35-27-36-21-8-5-9-23(16-21)42(33,41)13-3-2-12-34-26(25)39-27/h4-11,14-17,33H,2-3,12-13H2,1H3,(H2,37,38,40)(H2,34,35,36,39). The van der Waals surface area contributed by atoms with Crippen LogP contribution in [-0.4, -0.2) is 32.5 Å². The molecule has 218 valence electrons. The van der Waals surface area contributed by atoms with E-state index in [0.717, 1.165) is 28.8 Å². The van der Waals surface area contributed by atoms with Gasteiger partial charge in [-0.2, -0.15) is 18.2 Å². The Morgan fingerprint density at radius 1 is 0.976 bits per heavy atom. The van der Waals surface area contributed by atoms with Crippen LogP contribution in [-0.2, 0) is 15.9 Å². The lowest BCUT2D eigenvalue weighted by Gasteiger charge is -2.16. The number of nitrogens with zero attached hydrogens (tertiary/aromatic N) is 2. The number of aromatic nitrogens is 2. The van der Waals surface area contributed by atoms with Crippen molar-refractivity contribution < 1.29 is 22.2 Å². The molecule has 1 aliphatic heterocycles. The van der Waals surface area contributed by atoms with Gasteiger partial charge in [0.25, 0.3) is 0 Å². The molecule has 1 aromatic heterocycles. The van der Waals surface area contributed by atoms with Crippen molar-refractivity contribution in [3.8, 4) is 11.1 Å². The van der Waals surface area contributed by atoms with Crippen LogP contribution >= 0.6 is 0 Å². The fourth-order valence-corrected chi connectivity index (χ4v) is 6.01. The zero-order valence-electron chi connectivity index (χ0n) is 22.5. The number of halogens is 3. The number of nitrogens with one attached hydrogen (secondary N) is 5. The fraction of sp³-hybridized carbons (Fsp3) is 0.207. The van der Waals surface area contributed by atoms with Crippen molar-refractivity contribution in [1.82, 2.24) is 9.97 Å². The van der Waals surface area contributed by atoms with Gasteiger partial charge in [0.2, 0.25) is 5.95 Å². The minimum absolute atomic E-state index is 0.0180. The minimum Gasteiger partial charge on any atom is -0.369 e. The maximum Gasteiger partial charge on any atom is 0.416 e. The maximum absolute atomic E-state index is 13.0. The molecular formula is C29H28F3N7O2S. The number of rotatable bonds is 3. The second-order valence-corrected chi connectivity index (χ2v) is 12.0. The number of urea groups is 1. The van der Waals surface area contributed by atoms with Crippen molar-refractivity contribution >= 4 is 44.6 Å². The number of anilines is 5. The first-order valence-corrected chi connectivity index (χ1v) is 14.8. The Kier molecular flexibility index (Phi) is 8.03. The van der Waals surface area contributed by atoms with E-state index < -0.39 is 27.5 Å². The summed E-state index contributed by atoms with van der Waals surface area (Å²) in [5.41, 5.74) is 2.58. The lowest BCUT2D eigenvalue weighted by atomic mass is 10.0. The first-order chi connectivity index (χ1) is 20.0. The highest BCUT2D eigenvalue weighted by molar-refractivity contribution is 7.92. The SMILES string of the molecule is Cc1cc(NC(=O)Nc2cccc(C(F)(F)F)c2)ccc1-c1cnc2nc1NCCCCS(=N)(=O)c1cccc(c1)N2. The van der Waals surface area contributed by atoms with Crippen LogP contribution in [0.15, 0.2) is 77.8 Å². The van der Waals surface area contributed by atoms with E-state index in [0.29, 0.717) is 47.4 Å². The Hall–Kier alpha value is -4.65. The van der Waals surface area contributed by atoms with E-state index in [-0.39, 0.29) is 11.4 Å². The average molecular weight is 596 g/mol. The van der Waals surface area contributed by atoms with Gasteiger partial charge in [-0.05, 0) is 79.4 Å². The van der Waals surface area contributed by atoms with E-state index in [9.17, 15) is 22.2 Å². The second kappa shape index (κ2) is 11.7. The lowest BCUT2D eigenvalue weighted by molar-refractivity contribution is -0.137. The molecule has 42 heavy (non-hydrogen) atoms. The molecule has 0 saturated heterocycles. The Morgan fingerprint density at radius 3 is 2.50 bits per heavy atom. The number of hydrogen-bond acceptors (Lipinski definition) is 7. The molecule has 1 aliphatic rings. The fourth-order valence-electron chi connectivity index (χ4n) is 4.55. The molecule has 0 fully saturated rings. The molecule has 3 aromatic carbocycles. The molecule has 9 nitrogen and oxygen atoms in total. The van der Waals surface area contributed by atoms with Gasteiger partial charge in [0.05, 0.1) is 15.3 Å². The summed E-state index contributed by atoms with van der Waals surface area (Å²) in [4.78, 5) is 22.1. The molecule has 2 heterocycles. The molecular weight excluding hydrogens is 567 g/mol. The third kappa shape index (κ3) is 6.79. The van der Waals surface area contributed by atoms with Gasteiger partial charge >= 0.3 is 12.2 Å². The summed E-state index contributed by atoms with van der Waals surface area (Å²) in [6, 6.07) is 15.9. The molecule has 4 aromatic rings. The van der Waals surface area contributed by atoms with Crippen LogP contribution < -0.4 is 21.3 Å². The van der Waals surface area contributed by atoms with Crippen LogP contribution in [0.5, 0.6) is 0 Å². The third-order valence-electron chi connectivity index (χ3n) is 6.63. The van der Waals surface area contributed by atoms with Gasteiger partial charge in [-0.25, -0.2) is 18.8 Å². The molecule has 1 atom stereocenters. The van der Waals surface area contributed by atoms with Crippen molar-refractivity contribution in [3.05, 3.63) is 84.1 Å². The maximum atomic E-state index is 13.0. The largest absolute Gasteiger partial charge is 0.416 e. The van der Waals surface area contributed by atoms with Crippen LogP contribution in [0.2, 0.25) is 0 Å². The summed E-state index contributed by atoms with van der Waals surface area (Å²) in [6.45, 7) is 2.41. The number of alkyl halides is 3. The van der Waals surface area contributed by atoms with E-state index in [2.05, 4.69) is 31.2 Å². The van der Waals surface area contributed by atoms with E-state index >= 15 is 0 Å². The molecule has 1 unspecified atom stereocenters. The van der Waals surface area contributed by atoms with Crippen molar-refractivity contribution in [2.45, 2.75) is 30.8 Å². The quantitative estimate of drug-likeness (QED) is 0.167. The number of carbonyl (C=O) groups excluding carboxylic acids is 1. The van der Waals surface area contributed by atoms with Crippen LogP contribution in [0.3, 0.4) is 0 Å². The average Bonchev–Trinajstić information content (AvgIpc) is 2.93.